The number of likely N-dealkylation sites (N-methyl/N-ethyl adjacent to an activating group) is 1. The second-order valence-electron chi connectivity index (χ2n) is 4.33. The van der Waals surface area contributed by atoms with Gasteiger partial charge in [-0.05, 0) is 12.8 Å². The summed E-state index contributed by atoms with van der Waals surface area (Å²) in [5, 5.41) is 3.18. The molecule has 1 aliphatic heterocycles. The van der Waals surface area contributed by atoms with Gasteiger partial charge < -0.3 is 15.0 Å². The van der Waals surface area contributed by atoms with Gasteiger partial charge in [0.2, 0.25) is 0 Å². The fraction of sp³-hybridized carbons (Fsp3) is 0.909. The number of rotatable bonds is 4. The van der Waals surface area contributed by atoms with Crippen molar-refractivity contribution in [1.29, 1.82) is 0 Å². The number of amides is 1. The number of carbonyl (C=O) groups excluding carboxylic acids is 1. The summed E-state index contributed by atoms with van der Waals surface area (Å²) in [6, 6.07) is 0. The minimum Gasteiger partial charge on any atom is -0.366 e. The number of carbonyl (C=O) groups is 1. The van der Waals surface area contributed by atoms with E-state index >= 15 is 0 Å². The number of hydrogen-bond acceptors (Lipinski definition) is 3. The van der Waals surface area contributed by atoms with E-state index in [1.807, 2.05) is 11.8 Å². The zero-order valence-corrected chi connectivity index (χ0v) is 11.2. The smallest absolute Gasteiger partial charge is 0.253 e. The Morgan fingerprint density at radius 3 is 2.69 bits per heavy atom. The Balaban J connectivity index is 0.00000225. The molecule has 1 heterocycles. The Morgan fingerprint density at radius 2 is 2.25 bits per heavy atom. The third-order valence-corrected chi connectivity index (χ3v) is 2.48. The maximum Gasteiger partial charge on any atom is 0.253 e. The van der Waals surface area contributed by atoms with Crippen molar-refractivity contribution in [2.75, 3.05) is 32.8 Å². The molecule has 1 amide bonds. The fourth-order valence-corrected chi connectivity index (χ4v) is 1.74. The van der Waals surface area contributed by atoms with Crippen LogP contribution in [0.1, 0.15) is 20.8 Å². The molecule has 1 N–H and O–H groups in total. The second kappa shape index (κ2) is 7.87. The van der Waals surface area contributed by atoms with Crippen LogP contribution < -0.4 is 5.32 Å². The number of halogens is 1. The summed E-state index contributed by atoms with van der Waals surface area (Å²) in [6.07, 6.45) is -0.280. The molecule has 16 heavy (non-hydrogen) atoms. The van der Waals surface area contributed by atoms with Crippen LogP contribution in [0.5, 0.6) is 0 Å². The molecule has 0 bridgehead atoms. The minimum atomic E-state index is -0.280. The van der Waals surface area contributed by atoms with Crippen molar-refractivity contribution in [3.8, 4) is 0 Å². The Labute approximate surface area is 104 Å². The molecule has 1 rings (SSSR count). The maximum absolute atomic E-state index is 12.0. The first-order valence-electron chi connectivity index (χ1n) is 5.76. The van der Waals surface area contributed by atoms with Gasteiger partial charge in [0.05, 0.1) is 6.61 Å². The molecule has 0 spiro atoms. The summed E-state index contributed by atoms with van der Waals surface area (Å²) >= 11 is 0. The van der Waals surface area contributed by atoms with Gasteiger partial charge in [0, 0.05) is 26.2 Å². The van der Waals surface area contributed by atoms with Gasteiger partial charge in [-0.25, -0.2) is 0 Å². The Morgan fingerprint density at radius 1 is 1.56 bits per heavy atom. The molecule has 1 fully saturated rings. The van der Waals surface area contributed by atoms with Crippen molar-refractivity contribution in [2.24, 2.45) is 5.92 Å². The fourth-order valence-electron chi connectivity index (χ4n) is 1.74. The average Bonchev–Trinajstić information content (AvgIpc) is 2.26. The SMILES string of the molecule is CCN(CC(C)C)C(=O)[C@H]1CNCCO1.Cl. The third kappa shape index (κ3) is 4.68. The molecule has 1 aliphatic rings. The van der Waals surface area contributed by atoms with Gasteiger partial charge in [0.15, 0.2) is 0 Å². The normalized spacial score (nSPS) is 20.4. The van der Waals surface area contributed by atoms with E-state index in [4.69, 9.17) is 4.74 Å². The van der Waals surface area contributed by atoms with Gasteiger partial charge in [0.25, 0.3) is 5.91 Å². The molecular formula is C11H23ClN2O2. The molecule has 0 aromatic carbocycles. The molecule has 1 atom stereocenters. The Hall–Kier alpha value is -0.320. The first kappa shape index (κ1) is 15.7. The predicted molar refractivity (Wildman–Crippen MR) is 66.9 cm³/mol. The number of hydrogen-bond donors (Lipinski definition) is 1. The van der Waals surface area contributed by atoms with Gasteiger partial charge in [-0.3, -0.25) is 4.79 Å². The Bertz CT molecular complexity index is 206. The van der Waals surface area contributed by atoms with Crippen molar-refractivity contribution in [3.05, 3.63) is 0 Å². The molecule has 0 unspecified atom stereocenters. The molecule has 96 valence electrons. The molecule has 1 saturated heterocycles. The average molecular weight is 251 g/mol. The van der Waals surface area contributed by atoms with E-state index in [1.54, 1.807) is 0 Å². The number of nitrogens with zero attached hydrogens (tertiary/aromatic N) is 1. The van der Waals surface area contributed by atoms with Crippen LogP contribution in [0.2, 0.25) is 0 Å². The van der Waals surface area contributed by atoms with Crippen molar-refractivity contribution in [3.63, 3.8) is 0 Å². The standard InChI is InChI=1S/C11H22N2O2.ClH/c1-4-13(8-9(2)3)11(14)10-7-12-5-6-15-10;/h9-10,12H,4-8H2,1-3H3;1H/t10-;/m1./s1. The minimum absolute atomic E-state index is 0. The lowest BCUT2D eigenvalue weighted by Crippen LogP contribution is -2.50. The maximum atomic E-state index is 12.0. The van der Waals surface area contributed by atoms with Crippen molar-refractivity contribution in [2.45, 2.75) is 26.9 Å². The van der Waals surface area contributed by atoms with Crippen LogP contribution >= 0.6 is 12.4 Å². The monoisotopic (exact) mass is 250 g/mol. The summed E-state index contributed by atoms with van der Waals surface area (Å²) in [4.78, 5) is 13.9. The van der Waals surface area contributed by atoms with Gasteiger partial charge in [-0.15, -0.1) is 12.4 Å². The highest BCUT2D eigenvalue weighted by Gasteiger charge is 2.26. The van der Waals surface area contributed by atoms with Crippen LogP contribution in [0.4, 0.5) is 0 Å². The number of ether oxygens (including phenoxy) is 1. The van der Waals surface area contributed by atoms with Crippen LogP contribution in [0.3, 0.4) is 0 Å². The molecule has 0 aromatic rings. The van der Waals surface area contributed by atoms with Crippen LogP contribution in [-0.2, 0) is 9.53 Å². The highest BCUT2D eigenvalue weighted by atomic mass is 35.5. The zero-order chi connectivity index (χ0) is 11.3. The van der Waals surface area contributed by atoms with Gasteiger partial charge in [-0.2, -0.15) is 0 Å². The summed E-state index contributed by atoms with van der Waals surface area (Å²) in [5.74, 6) is 0.629. The molecular weight excluding hydrogens is 228 g/mol. The summed E-state index contributed by atoms with van der Waals surface area (Å²) in [6.45, 7) is 9.96. The van der Waals surface area contributed by atoms with E-state index in [-0.39, 0.29) is 24.4 Å². The summed E-state index contributed by atoms with van der Waals surface area (Å²) in [7, 11) is 0. The van der Waals surface area contributed by atoms with E-state index in [0.29, 0.717) is 19.1 Å². The highest BCUT2D eigenvalue weighted by Crippen LogP contribution is 2.05. The topological polar surface area (TPSA) is 41.6 Å². The van der Waals surface area contributed by atoms with Gasteiger partial charge in [0.1, 0.15) is 6.10 Å². The van der Waals surface area contributed by atoms with Crippen LogP contribution in [0, 0.1) is 5.92 Å². The molecule has 0 aromatic heterocycles. The zero-order valence-electron chi connectivity index (χ0n) is 10.4. The molecule has 4 nitrogen and oxygen atoms in total. The van der Waals surface area contributed by atoms with E-state index in [9.17, 15) is 4.79 Å². The second-order valence-corrected chi connectivity index (χ2v) is 4.33. The lowest BCUT2D eigenvalue weighted by Gasteiger charge is -2.30. The summed E-state index contributed by atoms with van der Waals surface area (Å²) < 4.78 is 5.45. The van der Waals surface area contributed by atoms with Crippen LogP contribution in [0.15, 0.2) is 0 Å². The van der Waals surface area contributed by atoms with E-state index < -0.39 is 0 Å². The van der Waals surface area contributed by atoms with E-state index in [1.165, 1.54) is 0 Å². The third-order valence-electron chi connectivity index (χ3n) is 2.48. The predicted octanol–water partition coefficient (Wildman–Crippen LogP) is 0.901. The highest BCUT2D eigenvalue weighted by molar-refractivity contribution is 5.85. The van der Waals surface area contributed by atoms with Crippen molar-refractivity contribution < 1.29 is 9.53 Å². The number of nitrogens with one attached hydrogen (secondary N) is 1. The number of morpholine rings is 1. The van der Waals surface area contributed by atoms with Crippen LogP contribution in [-0.4, -0.2) is 49.7 Å². The molecule has 0 radical (unpaired) electrons. The lowest BCUT2D eigenvalue weighted by molar-refractivity contribution is -0.145. The molecule has 0 saturated carbocycles. The van der Waals surface area contributed by atoms with Gasteiger partial charge >= 0.3 is 0 Å². The van der Waals surface area contributed by atoms with Gasteiger partial charge in [-0.1, -0.05) is 13.8 Å². The lowest BCUT2D eigenvalue weighted by atomic mass is 10.2. The quantitative estimate of drug-likeness (QED) is 0.806. The summed E-state index contributed by atoms with van der Waals surface area (Å²) in [5.41, 5.74) is 0. The van der Waals surface area contributed by atoms with E-state index in [2.05, 4.69) is 19.2 Å². The molecule has 0 aliphatic carbocycles. The van der Waals surface area contributed by atoms with Crippen LogP contribution in [0.25, 0.3) is 0 Å². The van der Waals surface area contributed by atoms with Crippen molar-refractivity contribution in [1.82, 2.24) is 10.2 Å². The molecule has 5 heteroatoms. The first-order valence-corrected chi connectivity index (χ1v) is 5.76. The van der Waals surface area contributed by atoms with Crippen molar-refractivity contribution >= 4 is 18.3 Å². The Kier molecular flexibility index (Phi) is 7.72. The van der Waals surface area contributed by atoms with E-state index in [0.717, 1.165) is 19.6 Å². The first-order chi connectivity index (χ1) is 7.15. The largest absolute Gasteiger partial charge is 0.366 e.